The average Bonchev–Trinajstić information content (AvgIpc) is 2.98. The smallest absolute Gasteiger partial charge is 0.309 e. The summed E-state index contributed by atoms with van der Waals surface area (Å²) >= 11 is 0. The second kappa shape index (κ2) is 17.2. The summed E-state index contributed by atoms with van der Waals surface area (Å²) in [5.41, 5.74) is 1.36. The Morgan fingerprint density at radius 2 is 1.69 bits per heavy atom. The van der Waals surface area contributed by atoms with E-state index in [0.29, 0.717) is 38.6 Å². The van der Waals surface area contributed by atoms with Crippen molar-refractivity contribution in [2.45, 2.75) is 122 Å². The van der Waals surface area contributed by atoms with Gasteiger partial charge in [-0.2, -0.15) is 0 Å². The van der Waals surface area contributed by atoms with Gasteiger partial charge in [-0.15, -0.1) is 0 Å². The predicted molar refractivity (Wildman–Crippen MR) is 165 cm³/mol. The van der Waals surface area contributed by atoms with Gasteiger partial charge in [0.15, 0.2) is 0 Å². The molecule has 0 spiro atoms. The Hall–Kier alpha value is -2.22. The normalized spacial score (nSPS) is 35.4. The highest BCUT2D eigenvalue weighted by atomic mass is 16.6. The molecule has 4 rings (SSSR count). The quantitative estimate of drug-likeness (QED) is 0.154. The van der Waals surface area contributed by atoms with Crippen molar-refractivity contribution in [3.63, 3.8) is 0 Å². The van der Waals surface area contributed by atoms with Crippen LogP contribution in [-0.2, 0) is 28.5 Å². The fraction of sp³-hybridized carbons (Fsp3) is 0.714. The third-order valence-corrected chi connectivity index (χ3v) is 8.97. The third kappa shape index (κ3) is 10.8. The number of morpholine rings is 1. The Balaban J connectivity index is 1.37. The molecule has 0 N–H and O–H groups in total. The number of unbranched alkanes of at least 4 members (excludes halogenated alkanes) is 1. The number of rotatable bonds is 6. The summed E-state index contributed by atoms with van der Waals surface area (Å²) in [5, 5.41) is 0. The Morgan fingerprint density at radius 1 is 0.952 bits per heavy atom. The fourth-order valence-electron chi connectivity index (χ4n) is 6.52. The van der Waals surface area contributed by atoms with Crippen LogP contribution in [-0.4, -0.2) is 73.6 Å². The second-order valence-electron chi connectivity index (χ2n) is 12.6. The Bertz CT molecular complexity index is 980. The lowest BCUT2D eigenvalue weighted by Gasteiger charge is -2.37. The van der Waals surface area contributed by atoms with E-state index in [0.717, 1.165) is 51.4 Å². The molecule has 3 saturated heterocycles. The molecule has 4 bridgehead atoms. The zero-order chi connectivity index (χ0) is 29.7. The van der Waals surface area contributed by atoms with E-state index in [4.69, 9.17) is 18.9 Å². The Kier molecular flexibility index (Phi) is 13.4. The van der Waals surface area contributed by atoms with E-state index >= 15 is 0 Å². The van der Waals surface area contributed by atoms with E-state index < -0.39 is 0 Å². The molecule has 7 unspecified atom stereocenters. The van der Waals surface area contributed by atoms with Gasteiger partial charge in [0.1, 0.15) is 6.10 Å². The topological polar surface area (TPSA) is 74.3 Å². The average molecular weight is 584 g/mol. The van der Waals surface area contributed by atoms with E-state index in [1.165, 1.54) is 12.0 Å². The molecule has 0 saturated carbocycles. The lowest BCUT2D eigenvalue weighted by Crippen LogP contribution is -2.40. The Labute approximate surface area is 253 Å². The Morgan fingerprint density at radius 3 is 2.48 bits per heavy atom. The maximum Gasteiger partial charge on any atom is 0.309 e. The van der Waals surface area contributed by atoms with E-state index in [2.05, 4.69) is 45.1 Å². The molecule has 7 heteroatoms. The number of carbonyl (C=O) groups is 2. The van der Waals surface area contributed by atoms with Crippen LogP contribution in [0.25, 0.3) is 0 Å². The van der Waals surface area contributed by atoms with Gasteiger partial charge in [-0.3, -0.25) is 9.59 Å². The summed E-state index contributed by atoms with van der Waals surface area (Å²) in [6.07, 6.45) is 24.2. The van der Waals surface area contributed by atoms with Gasteiger partial charge >= 0.3 is 5.97 Å². The SMILES string of the molecule is C/C=C1\CC2CC(=O)OC(/C=C/C=C\CCCC(=O)N3CCOCC3)C(C)/C=C/C(C)CC3CCCC(CC(C1)O2)O3. The van der Waals surface area contributed by atoms with Gasteiger partial charge in [0.2, 0.25) is 5.91 Å². The molecule has 0 aliphatic carbocycles. The third-order valence-electron chi connectivity index (χ3n) is 8.97. The number of fused-ring (bicyclic) bond motifs is 4. The van der Waals surface area contributed by atoms with Crippen molar-refractivity contribution in [1.29, 1.82) is 0 Å². The zero-order valence-electron chi connectivity index (χ0n) is 26.1. The highest BCUT2D eigenvalue weighted by Crippen LogP contribution is 2.33. The number of cyclic esters (lactones) is 1. The number of ether oxygens (including phenoxy) is 4. The zero-order valence-corrected chi connectivity index (χ0v) is 26.1. The highest BCUT2D eigenvalue weighted by Gasteiger charge is 2.32. The molecule has 4 aliphatic heterocycles. The van der Waals surface area contributed by atoms with Crippen LogP contribution in [0.5, 0.6) is 0 Å². The van der Waals surface area contributed by atoms with E-state index in [9.17, 15) is 9.59 Å². The lowest BCUT2D eigenvalue weighted by atomic mass is 9.90. The van der Waals surface area contributed by atoms with Crippen LogP contribution in [0.1, 0.15) is 91.4 Å². The summed E-state index contributed by atoms with van der Waals surface area (Å²) in [5.74, 6) is 0.408. The fourth-order valence-corrected chi connectivity index (χ4v) is 6.52. The second-order valence-corrected chi connectivity index (χ2v) is 12.6. The van der Waals surface area contributed by atoms with Crippen molar-refractivity contribution in [3.05, 3.63) is 48.1 Å². The molecule has 4 aliphatic rings. The highest BCUT2D eigenvalue weighted by molar-refractivity contribution is 5.76. The number of hydrogen-bond acceptors (Lipinski definition) is 6. The van der Waals surface area contributed by atoms with Crippen molar-refractivity contribution in [2.75, 3.05) is 26.3 Å². The summed E-state index contributed by atoms with van der Waals surface area (Å²) < 4.78 is 24.4. The number of amides is 1. The molecular weight excluding hydrogens is 530 g/mol. The molecular formula is C35H53NO6. The number of allylic oxidation sites excluding steroid dienone is 5. The minimum atomic E-state index is -0.364. The first kappa shape index (κ1) is 32.7. The minimum Gasteiger partial charge on any atom is -0.457 e. The van der Waals surface area contributed by atoms with Crippen LogP contribution in [0.2, 0.25) is 0 Å². The van der Waals surface area contributed by atoms with Crippen molar-refractivity contribution in [2.24, 2.45) is 11.8 Å². The number of hydrogen-bond donors (Lipinski definition) is 0. The standard InChI is InChI=1S/C35H53NO6/c1-4-28-22-31-24-30-12-10-11-29(40-30)21-26(2)15-16-27(3)33(42-35(38)25-32(23-28)41-31)13-8-6-5-7-9-14-34(37)36-17-19-39-20-18-36/h4-6,8,13,15-16,26-27,29-33H,7,9-12,14,17-25H2,1-3H3/b6-5-,13-8+,16-15+,28-4-. The molecule has 0 aromatic rings. The van der Waals surface area contributed by atoms with E-state index in [1.807, 2.05) is 23.1 Å². The lowest BCUT2D eigenvalue weighted by molar-refractivity contribution is -0.154. The molecule has 7 nitrogen and oxygen atoms in total. The van der Waals surface area contributed by atoms with Gasteiger partial charge in [0.05, 0.1) is 44.1 Å². The van der Waals surface area contributed by atoms with Crippen LogP contribution < -0.4 is 0 Å². The van der Waals surface area contributed by atoms with Crippen molar-refractivity contribution >= 4 is 11.9 Å². The summed E-state index contributed by atoms with van der Waals surface area (Å²) in [4.78, 5) is 27.4. The van der Waals surface area contributed by atoms with Gasteiger partial charge in [0, 0.05) is 31.8 Å². The van der Waals surface area contributed by atoms with Crippen LogP contribution in [0, 0.1) is 11.8 Å². The molecule has 0 aromatic carbocycles. The van der Waals surface area contributed by atoms with Crippen molar-refractivity contribution in [1.82, 2.24) is 4.90 Å². The van der Waals surface area contributed by atoms with Crippen LogP contribution >= 0.6 is 0 Å². The molecule has 1 amide bonds. The molecule has 234 valence electrons. The van der Waals surface area contributed by atoms with Gasteiger partial charge in [-0.1, -0.05) is 55.9 Å². The molecule has 42 heavy (non-hydrogen) atoms. The maximum absolute atomic E-state index is 13.2. The predicted octanol–water partition coefficient (Wildman–Crippen LogP) is 6.48. The molecule has 7 atom stereocenters. The molecule has 0 aromatic heterocycles. The van der Waals surface area contributed by atoms with Crippen LogP contribution in [0.3, 0.4) is 0 Å². The molecule has 4 heterocycles. The summed E-state index contributed by atoms with van der Waals surface area (Å²) in [6, 6.07) is 0. The van der Waals surface area contributed by atoms with Crippen LogP contribution in [0.4, 0.5) is 0 Å². The number of esters is 1. The van der Waals surface area contributed by atoms with Gasteiger partial charge < -0.3 is 23.8 Å². The van der Waals surface area contributed by atoms with Gasteiger partial charge in [-0.25, -0.2) is 0 Å². The molecule has 0 radical (unpaired) electrons. The first-order valence-electron chi connectivity index (χ1n) is 16.4. The minimum absolute atomic E-state index is 0.0336. The van der Waals surface area contributed by atoms with Crippen molar-refractivity contribution in [3.8, 4) is 0 Å². The monoisotopic (exact) mass is 583 g/mol. The first-order chi connectivity index (χ1) is 20.4. The first-order valence-corrected chi connectivity index (χ1v) is 16.4. The van der Waals surface area contributed by atoms with Gasteiger partial charge in [0.25, 0.3) is 0 Å². The summed E-state index contributed by atoms with van der Waals surface area (Å²) in [7, 11) is 0. The van der Waals surface area contributed by atoms with E-state index in [-0.39, 0.29) is 54.7 Å². The van der Waals surface area contributed by atoms with Gasteiger partial charge in [-0.05, 0) is 70.3 Å². The van der Waals surface area contributed by atoms with E-state index in [1.54, 1.807) is 0 Å². The molecule has 3 fully saturated rings. The van der Waals surface area contributed by atoms with Crippen LogP contribution in [0.15, 0.2) is 48.1 Å². The number of nitrogens with zero attached hydrogens (tertiary/aromatic N) is 1. The maximum atomic E-state index is 13.2. The summed E-state index contributed by atoms with van der Waals surface area (Å²) in [6.45, 7) is 9.09. The largest absolute Gasteiger partial charge is 0.457 e. The number of carbonyl (C=O) groups excluding carboxylic acids is 2. The van der Waals surface area contributed by atoms with Crippen molar-refractivity contribution < 1.29 is 28.5 Å².